The fourth-order valence-electron chi connectivity index (χ4n) is 2.01. The van der Waals surface area contributed by atoms with Gasteiger partial charge in [-0.25, -0.2) is 0 Å². The highest BCUT2D eigenvalue weighted by atomic mass is 16.5. The van der Waals surface area contributed by atoms with Gasteiger partial charge < -0.3 is 19.6 Å². The van der Waals surface area contributed by atoms with E-state index in [0.29, 0.717) is 25.6 Å². The largest absolute Gasteiger partial charge is 0.465 e. The van der Waals surface area contributed by atoms with Gasteiger partial charge in [-0.15, -0.1) is 0 Å². The zero-order chi connectivity index (χ0) is 14.3. The quantitative estimate of drug-likeness (QED) is 0.723. The summed E-state index contributed by atoms with van der Waals surface area (Å²) in [4.78, 5) is 0. The molecule has 0 amide bonds. The van der Waals surface area contributed by atoms with E-state index in [1.54, 1.807) is 0 Å². The highest BCUT2D eigenvalue weighted by Gasteiger charge is 2.09. The lowest BCUT2D eigenvalue weighted by molar-refractivity contribution is -0.00868. The summed E-state index contributed by atoms with van der Waals surface area (Å²) in [6, 6.07) is 3.88. The molecule has 0 radical (unpaired) electrons. The monoisotopic (exact) mass is 269 g/mol. The van der Waals surface area contributed by atoms with Crippen molar-refractivity contribution in [3.05, 3.63) is 23.7 Å². The minimum Gasteiger partial charge on any atom is -0.465 e. The van der Waals surface area contributed by atoms with E-state index in [2.05, 4.69) is 19.2 Å². The predicted octanol–water partition coefficient (Wildman–Crippen LogP) is 2.49. The fraction of sp³-hybridized carbons (Fsp3) is 0.733. The Morgan fingerprint density at radius 3 is 2.63 bits per heavy atom. The van der Waals surface area contributed by atoms with Crippen molar-refractivity contribution in [2.75, 3.05) is 13.2 Å². The summed E-state index contributed by atoms with van der Waals surface area (Å²) in [7, 11) is 0. The number of aryl methyl sites for hydroxylation is 1. The molecule has 4 heteroatoms. The second kappa shape index (κ2) is 8.35. The number of aliphatic hydroxyl groups excluding tert-OH is 1. The van der Waals surface area contributed by atoms with Crippen LogP contribution in [0.25, 0.3) is 0 Å². The molecule has 1 aromatic rings. The van der Waals surface area contributed by atoms with Crippen LogP contribution in [-0.2, 0) is 11.3 Å². The average molecular weight is 269 g/mol. The normalized spacial score (nSPS) is 14.8. The maximum absolute atomic E-state index is 9.80. The molecule has 0 saturated carbocycles. The van der Waals surface area contributed by atoms with Crippen molar-refractivity contribution >= 4 is 0 Å². The lowest BCUT2D eigenvalue weighted by atomic mass is 10.1. The van der Waals surface area contributed by atoms with Crippen LogP contribution in [0.5, 0.6) is 0 Å². The van der Waals surface area contributed by atoms with Crippen LogP contribution in [0, 0.1) is 12.8 Å². The molecule has 19 heavy (non-hydrogen) atoms. The average Bonchev–Trinajstić information content (AvgIpc) is 2.71. The number of nitrogens with one attached hydrogen (secondary N) is 1. The van der Waals surface area contributed by atoms with Gasteiger partial charge in [-0.05, 0) is 38.3 Å². The molecule has 2 N–H and O–H groups in total. The Hall–Kier alpha value is -0.840. The van der Waals surface area contributed by atoms with E-state index in [9.17, 15) is 5.11 Å². The van der Waals surface area contributed by atoms with Gasteiger partial charge in [0.15, 0.2) is 0 Å². The molecule has 0 saturated heterocycles. The number of hydrogen-bond donors (Lipinski definition) is 2. The number of hydrogen-bond acceptors (Lipinski definition) is 4. The van der Waals surface area contributed by atoms with Gasteiger partial charge in [0.05, 0.1) is 25.4 Å². The smallest absolute Gasteiger partial charge is 0.117 e. The van der Waals surface area contributed by atoms with Crippen molar-refractivity contribution < 1.29 is 14.3 Å². The van der Waals surface area contributed by atoms with Crippen molar-refractivity contribution in [3.8, 4) is 0 Å². The number of aliphatic hydroxyl groups is 1. The lowest BCUT2D eigenvalue weighted by Gasteiger charge is -2.18. The lowest BCUT2D eigenvalue weighted by Crippen LogP contribution is -2.31. The van der Waals surface area contributed by atoms with Gasteiger partial charge in [0, 0.05) is 6.54 Å². The molecule has 110 valence electrons. The molecular formula is C15H27NO3. The van der Waals surface area contributed by atoms with Gasteiger partial charge in [0.1, 0.15) is 11.5 Å². The first-order valence-electron chi connectivity index (χ1n) is 7.03. The van der Waals surface area contributed by atoms with E-state index in [1.165, 1.54) is 0 Å². The minimum atomic E-state index is -0.481. The highest BCUT2D eigenvalue weighted by Crippen LogP contribution is 2.08. The first-order valence-corrected chi connectivity index (χ1v) is 7.03. The first kappa shape index (κ1) is 16.2. The van der Waals surface area contributed by atoms with E-state index in [0.717, 1.165) is 17.9 Å². The molecule has 1 aromatic heterocycles. The van der Waals surface area contributed by atoms with Crippen molar-refractivity contribution in [2.45, 2.75) is 52.9 Å². The Bertz CT molecular complexity index is 349. The van der Waals surface area contributed by atoms with Gasteiger partial charge in [0.25, 0.3) is 0 Å². The topological polar surface area (TPSA) is 54.6 Å². The molecule has 0 fully saturated rings. The molecule has 2 atom stereocenters. The Kier molecular flexibility index (Phi) is 7.13. The summed E-state index contributed by atoms with van der Waals surface area (Å²) in [5.41, 5.74) is 0. The van der Waals surface area contributed by atoms with Gasteiger partial charge in [0.2, 0.25) is 0 Å². The van der Waals surface area contributed by atoms with Gasteiger partial charge in [-0.1, -0.05) is 13.8 Å². The molecule has 0 aliphatic heterocycles. The molecule has 2 unspecified atom stereocenters. The molecule has 0 aromatic carbocycles. The predicted molar refractivity (Wildman–Crippen MR) is 76.0 cm³/mol. The summed E-state index contributed by atoms with van der Waals surface area (Å²) in [6.07, 6.45) is 0.735. The second-order valence-electron chi connectivity index (χ2n) is 5.57. The third-order valence-electron chi connectivity index (χ3n) is 2.85. The van der Waals surface area contributed by atoms with E-state index < -0.39 is 6.10 Å². The van der Waals surface area contributed by atoms with E-state index in [1.807, 2.05) is 26.0 Å². The Morgan fingerprint density at radius 1 is 1.32 bits per heavy atom. The molecule has 0 aliphatic rings. The summed E-state index contributed by atoms with van der Waals surface area (Å²) in [5.74, 6) is 2.41. The zero-order valence-corrected chi connectivity index (χ0v) is 12.5. The second-order valence-corrected chi connectivity index (χ2v) is 5.57. The van der Waals surface area contributed by atoms with Crippen LogP contribution in [0.4, 0.5) is 0 Å². The van der Waals surface area contributed by atoms with Crippen molar-refractivity contribution in [2.24, 2.45) is 5.92 Å². The van der Waals surface area contributed by atoms with Crippen LogP contribution >= 0.6 is 0 Å². The highest BCUT2D eigenvalue weighted by molar-refractivity contribution is 5.05. The van der Waals surface area contributed by atoms with Crippen LogP contribution in [-0.4, -0.2) is 30.5 Å². The van der Waals surface area contributed by atoms with Crippen LogP contribution in [0.3, 0.4) is 0 Å². The maximum atomic E-state index is 9.80. The summed E-state index contributed by atoms with van der Waals surface area (Å²) >= 11 is 0. The third-order valence-corrected chi connectivity index (χ3v) is 2.85. The molecular weight excluding hydrogens is 242 g/mol. The van der Waals surface area contributed by atoms with Crippen molar-refractivity contribution in [3.63, 3.8) is 0 Å². The van der Waals surface area contributed by atoms with Gasteiger partial charge in [-0.3, -0.25) is 0 Å². The van der Waals surface area contributed by atoms with Crippen LogP contribution < -0.4 is 5.32 Å². The minimum absolute atomic E-state index is 0.197. The standard InChI is InChI=1S/C15H27NO3/c1-11(2)7-13(4)18-10-14(17)8-16-9-15-6-5-12(3)19-15/h5-6,11,13-14,16-17H,7-10H2,1-4H3. The van der Waals surface area contributed by atoms with Crippen LogP contribution in [0.1, 0.15) is 38.7 Å². The molecule has 0 spiro atoms. The Balaban J connectivity index is 2.09. The third kappa shape index (κ3) is 7.35. The summed E-state index contributed by atoms with van der Waals surface area (Å²) in [6.45, 7) is 9.82. The van der Waals surface area contributed by atoms with Crippen molar-refractivity contribution in [1.82, 2.24) is 5.32 Å². The molecule has 0 bridgehead atoms. The molecule has 0 aliphatic carbocycles. The van der Waals surface area contributed by atoms with E-state index in [4.69, 9.17) is 9.15 Å². The maximum Gasteiger partial charge on any atom is 0.117 e. The number of furan rings is 1. The summed E-state index contributed by atoms with van der Waals surface area (Å²) in [5, 5.41) is 13.0. The Morgan fingerprint density at radius 2 is 2.05 bits per heavy atom. The van der Waals surface area contributed by atoms with Gasteiger partial charge >= 0.3 is 0 Å². The molecule has 1 rings (SSSR count). The molecule has 4 nitrogen and oxygen atoms in total. The summed E-state index contributed by atoms with van der Waals surface area (Å²) < 4.78 is 11.0. The fourth-order valence-corrected chi connectivity index (χ4v) is 2.01. The zero-order valence-electron chi connectivity index (χ0n) is 12.5. The SMILES string of the molecule is Cc1ccc(CNCC(O)COC(C)CC(C)C)o1. The number of ether oxygens (including phenoxy) is 1. The Labute approximate surface area is 116 Å². The van der Waals surface area contributed by atoms with Crippen molar-refractivity contribution in [1.29, 1.82) is 0 Å². The van der Waals surface area contributed by atoms with E-state index >= 15 is 0 Å². The van der Waals surface area contributed by atoms with E-state index in [-0.39, 0.29) is 6.10 Å². The van der Waals surface area contributed by atoms with Crippen LogP contribution in [0.2, 0.25) is 0 Å². The van der Waals surface area contributed by atoms with Crippen LogP contribution in [0.15, 0.2) is 16.5 Å². The van der Waals surface area contributed by atoms with Gasteiger partial charge in [-0.2, -0.15) is 0 Å². The first-order chi connectivity index (χ1) is 8.97. The molecule has 1 heterocycles. The number of rotatable bonds is 9.